The number of nitrogens with one attached hydrogen (secondary N) is 2. The van der Waals surface area contributed by atoms with E-state index in [9.17, 15) is 5.11 Å². The normalized spacial score (nSPS) is 12.1. The predicted octanol–water partition coefficient (Wildman–Crippen LogP) is 2.88. The molecule has 1 aromatic rings. The Morgan fingerprint density at radius 3 is 2.22 bits per heavy atom. The van der Waals surface area contributed by atoms with Crippen molar-refractivity contribution in [1.29, 1.82) is 0 Å². The van der Waals surface area contributed by atoms with E-state index in [1.54, 1.807) is 12.1 Å². The summed E-state index contributed by atoms with van der Waals surface area (Å²) in [6, 6.07) is 3.86. The first-order chi connectivity index (χ1) is 10.5. The predicted molar refractivity (Wildman–Crippen MR) is 104 cm³/mol. The van der Waals surface area contributed by atoms with E-state index in [4.69, 9.17) is 9.47 Å². The van der Waals surface area contributed by atoms with E-state index in [2.05, 4.69) is 29.5 Å². The van der Waals surface area contributed by atoms with Crippen molar-refractivity contribution in [3.8, 4) is 17.2 Å². The fraction of sp³-hybridized carbons (Fsp3) is 0.562. The molecule has 0 radical (unpaired) electrons. The van der Waals surface area contributed by atoms with Crippen LogP contribution in [0.3, 0.4) is 0 Å². The standard InChI is InChI=1S/C16H27N3O3.HI/c1-6-11(3)19-16(17-7-2)18-10-12-8-13(21-4)15(20)14(9-12)22-5;/h8-9,11,20H,6-7,10H2,1-5H3,(H2,17,18,19);1H. The molecule has 1 aromatic carbocycles. The van der Waals surface area contributed by atoms with Crippen LogP contribution in [0.1, 0.15) is 32.8 Å². The molecule has 23 heavy (non-hydrogen) atoms. The minimum atomic E-state index is 0. The number of rotatable bonds is 7. The molecule has 0 amide bonds. The van der Waals surface area contributed by atoms with Gasteiger partial charge in [-0.3, -0.25) is 0 Å². The van der Waals surface area contributed by atoms with Gasteiger partial charge in [0.2, 0.25) is 5.75 Å². The Balaban J connectivity index is 0.00000484. The maximum atomic E-state index is 9.92. The van der Waals surface area contributed by atoms with Gasteiger partial charge in [-0.15, -0.1) is 24.0 Å². The summed E-state index contributed by atoms with van der Waals surface area (Å²) in [5.74, 6) is 1.53. The topological polar surface area (TPSA) is 75.1 Å². The molecule has 3 N–H and O–H groups in total. The van der Waals surface area contributed by atoms with Crippen LogP contribution in [0.4, 0.5) is 0 Å². The third-order valence-corrected chi connectivity index (χ3v) is 3.30. The fourth-order valence-electron chi connectivity index (χ4n) is 1.86. The number of aromatic hydroxyl groups is 1. The van der Waals surface area contributed by atoms with E-state index < -0.39 is 0 Å². The quantitative estimate of drug-likeness (QED) is 0.348. The Morgan fingerprint density at radius 1 is 1.22 bits per heavy atom. The van der Waals surface area contributed by atoms with Crippen LogP contribution in [-0.4, -0.2) is 37.9 Å². The maximum absolute atomic E-state index is 9.92. The van der Waals surface area contributed by atoms with Crippen LogP contribution in [0, 0.1) is 0 Å². The van der Waals surface area contributed by atoms with Crippen LogP contribution < -0.4 is 20.1 Å². The summed E-state index contributed by atoms with van der Waals surface area (Å²) in [6.07, 6.45) is 1.02. The molecule has 0 heterocycles. The molecule has 1 atom stereocenters. The first kappa shape index (κ1) is 21.6. The number of methoxy groups -OCH3 is 2. The van der Waals surface area contributed by atoms with Crippen LogP contribution in [0.2, 0.25) is 0 Å². The van der Waals surface area contributed by atoms with Crippen LogP contribution in [-0.2, 0) is 6.54 Å². The van der Waals surface area contributed by atoms with E-state index in [0.29, 0.717) is 24.1 Å². The van der Waals surface area contributed by atoms with Gasteiger partial charge < -0.3 is 25.2 Å². The van der Waals surface area contributed by atoms with E-state index in [1.807, 2.05) is 6.92 Å². The number of guanidine groups is 1. The van der Waals surface area contributed by atoms with E-state index in [0.717, 1.165) is 24.5 Å². The van der Waals surface area contributed by atoms with Gasteiger partial charge in [0.25, 0.3) is 0 Å². The highest BCUT2D eigenvalue weighted by Gasteiger charge is 2.11. The molecular formula is C16H28IN3O3. The number of aliphatic imine (C=N–C) groups is 1. The number of benzene rings is 1. The third kappa shape index (κ3) is 6.72. The van der Waals surface area contributed by atoms with Crippen LogP contribution in [0.15, 0.2) is 17.1 Å². The van der Waals surface area contributed by atoms with Crippen LogP contribution >= 0.6 is 24.0 Å². The molecule has 0 spiro atoms. The van der Waals surface area contributed by atoms with Gasteiger partial charge in [0, 0.05) is 12.6 Å². The Labute approximate surface area is 155 Å². The average molecular weight is 437 g/mol. The minimum Gasteiger partial charge on any atom is -0.502 e. The second-order valence-electron chi connectivity index (χ2n) is 5.00. The van der Waals surface area contributed by atoms with Gasteiger partial charge in [0.15, 0.2) is 17.5 Å². The van der Waals surface area contributed by atoms with Gasteiger partial charge in [-0.2, -0.15) is 0 Å². The van der Waals surface area contributed by atoms with Gasteiger partial charge in [0.1, 0.15) is 0 Å². The fourth-order valence-corrected chi connectivity index (χ4v) is 1.86. The average Bonchev–Trinajstić information content (AvgIpc) is 2.53. The molecule has 0 aliphatic rings. The van der Waals surface area contributed by atoms with Crippen molar-refractivity contribution in [3.63, 3.8) is 0 Å². The van der Waals surface area contributed by atoms with E-state index in [1.165, 1.54) is 14.2 Å². The zero-order chi connectivity index (χ0) is 16.5. The lowest BCUT2D eigenvalue weighted by atomic mass is 10.2. The molecule has 1 unspecified atom stereocenters. The molecule has 0 aliphatic carbocycles. The van der Waals surface area contributed by atoms with Crippen molar-refractivity contribution >= 4 is 29.9 Å². The number of hydrogen-bond donors (Lipinski definition) is 3. The number of halogens is 1. The molecule has 0 saturated heterocycles. The summed E-state index contributed by atoms with van der Waals surface area (Å²) in [6.45, 7) is 7.51. The van der Waals surface area contributed by atoms with Gasteiger partial charge >= 0.3 is 0 Å². The summed E-state index contributed by atoms with van der Waals surface area (Å²) >= 11 is 0. The molecule has 0 aliphatic heterocycles. The van der Waals surface area contributed by atoms with Crippen molar-refractivity contribution in [3.05, 3.63) is 17.7 Å². The van der Waals surface area contributed by atoms with Gasteiger partial charge in [-0.05, 0) is 38.0 Å². The molecular weight excluding hydrogens is 409 g/mol. The molecule has 1 rings (SSSR count). The lowest BCUT2D eigenvalue weighted by Crippen LogP contribution is -2.41. The first-order valence-corrected chi connectivity index (χ1v) is 7.54. The number of ether oxygens (including phenoxy) is 2. The number of hydrogen-bond acceptors (Lipinski definition) is 4. The molecule has 7 heteroatoms. The minimum absolute atomic E-state index is 0. The van der Waals surface area contributed by atoms with Gasteiger partial charge in [-0.25, -0.2) is 4.99 Å². The number of phenolic OH excluding ortho intramolecular Hbond substituents is 1. The van der Waals surface area contributed by atoms with Crippen LogP contribution in [0.25, 0.3) is 0 Å². The SMILES string of the molecule is CCNC(=NCc1cc(OC)c(O)c(OC)c1)NC(C)CC.I. The second-order valence-corrected chi connectivity index (χ2v) is 5.00. The summed E-state index contributed by atoms with van der Waals surface area (Å²) < 4.78 is 10.3. The second kappa shape index (κ2) is 11.2. The molecule has 132 valence electrons. The Bertz CT molecular complexity index is 484. The Morgan fingerprint density at radius 2 is 1.78 bits per heavy atom. The van der Waals surface area contributed by atoms with Crippen molar-refractivity contribution < 1.29 is 14.6 Å². The summed E-state index contributed by atoms with van der Waals surface area (Å²) in [5, 5.41) is 16.5. The third-order valence-electron chi connectivity index (χ3n) is 3.30. The highest BCUT2D eigenvalue weighted by molar-refractivity contribution is 14.0. The van der Waals surface area contributed by atoms with Gasteiger partial charge in [0.05, 0.1) is 20.8 Å². The summed E-state index contributed by atoms with van der Waals surface area (Å²) in [4.78, 5) is 4.55. The van der Waals surface area contributed by atoms with Crippen molar-refractivity contribution in [2.45, 2.75) is 39.8 Å². The van der Waals surface area contributed by atoms with Crippen molar-refractivity contribution in [2.24, 2.45) is 4.99 Å². The lowest BCUT2D eigenvalue weighted by Gasteiger charge is -2.16. The van der Waals surface area contributed by atoms with E-state index in [-0.39, 0.29) is 29.7 Å². The highest BCUT2D eigenvalue weighted by atomic mass is 127. The molecule has 0 fully saturated rings. The smallest absolute Gasteiger partial charge is 0.200 e. The zero-order valence-electron chi connectivity index (χ0n) is 14.5. The maximum Gasteiger partial charge on any atom is 0.200 e. The zero-order valence-corrected chi connectivity index (χ0v) is 16.8. The molecule has 0 bridgehead atoms. The monoisotopic (exact) mass is 437 g/mol. The lowest BCUT2D eigenvalue weighted by molar-refractivity contribution is 0.339. The van der Waals surface area contributed by atoms with E-state index >= 15 is 0 Å². The highest BCUT2D eigenvalue weighted by Crippen LogP contribution is 2.37. The van der Waals surface area contributed by atoms with Crippen molar-refractivity contribution in [1.82, 2.24) is 10.6 Å². The van der Waals surface area contributed by atoms with Crippen molar-refractivity contribution in [2.75, 3.05) is 20.8 Å². The summed E-state index contributed by atoms with van der Waals surface area (Å²) in [5.41, 5.74) is 0.896. The number of nitrogens with zero attached hydrogens (tertiary/aromatic N) is 1. The molecule has 0 saturated carbocycles. The molecule has 0 aromatic heterocycles. The van der Waals surface area contributed by atoms with Crippen LogP contribution in [0.5, 0.6) is 17.2 Å². The van der Waals surface area contributed by atoms with Gasteiger partial charge in [-0.1, -0.05) is 6.92 Å². The Kier molecular flexibility index (Phi) is 10.5. The Hall–Kier alpha value is -1.38. The number of phenols is 1. The largest absolute Gasteiger partial charge is 0.502 e. The summed E-state index contributed by atoms with van der Waals surface area (Å²) in [7, 11) is 3.02. The molecule has 6 nitrogen and oxygen atoms in total. The first-order valence-electron chi connectivity index (χ1n) is 7.54.